The number of esters is 1. The number of carbonyl (C=O) groups is 1. The van der Waals surface area contributed by atoms with Gasteiger partial charge in [0.25, 0.3) is 0 Å². The zero-order valence-electron chi connectivity index (χ0n) is 11.7. The first-order valence-corrected chi connectivity index (χ1v) is 6.76. The van der Waals surface area contributed by atoms with Crippen molar-refractivity contribution in [2.45, 2.75) is 13.5 Å². The number of rotatable bonds is 4. The average Bonchev–Trinajstić information content (AvgIpc) is 2.44. The van der Waals surface area contributed by atoms with Crippen LogP contribution in [0.1, 0.15) is 21.5 Å². The molecule has 2 aromatic carbocycles. The predicted molar refractivity (Wildman–Crippen MR) is 81.3 cm³/mol. The van der Waals surface area contributed by atoms with Crippen LogP contribution in [0.15, 0.2) is 36.4 Å². The summed E-state index contributed by atoms with van der Waals surface area (Å²) >= 11 is 5.82. The third-order valence-corrected chi connectivity index (χ3v) is 3.36. The van der Waals surface area contributed by atoms with Crippen LogP contribution in [0.5, 0.6) is 0 Å². The molecule has 2 rings (SSSR count). The molecule has 3 nitrogen and oxygen atoms in total. The largest absolute Gasteiger partial charge is 0.465 e. The van der Waals surface area contributed by atoms with Gasteiger partial charge in [-0.2, -0.15) is 0 Å². The van der Waals surface area contributed by atoms with Gasteiger partial charge in [0.2, 0.25) is 0 Å². The second kappa shape index (κ2) is 6.59. The van der Waals surface area contributed by atoms with E-state index in [0.717, 1.165) is 16.8 Å². The van der Waals surface area contributed by atoms with Crippen molar-refractivity contribution in [1.29, 1.82) is 0 Å². The summed E-state index contributed by atoms with van der Waals surface area (Å²) in [5.74, 6) is -0.760. The van der Waals surface area contributed by atoms with E-state index in [4.69, 9.17) is 16.3 Å². The minimum atomic E-state index is -0.384. The Bertz CT molecular complexity index is 653. The molecule has 0 aliphatic rings. The summed E-state index contributed by atoms with van der Waals surface area (Å²) in [5.41, 5.74) is 2.80. The zero-order chi connectivity index (χ0) is 15.4. The average molecular weight is 308 g/mol. The summed E-state index contributed by atoms with van der Waals surface area (Å²) in [6, 6.07) is 9.68. The van der Waals surface area contributed by atoms with Crippen LogP contribution in [0.4, 0.5) is 10.1 Å². The molecule has 0 spiro atoms. The molecule has 0 radical (unpaired) electrons. The van der Waals surface area contributed by atoms with E-state index in [1.54, 1.807) is 18.2 Å². The Kier molecular flexibility index (Phi) is 4.81. The lowest BCUT2D eigenvalue weighted by atomic mass is 10.1. The minimum absolute atomic E-state index is 0.354. The Hall–Kier alpha value is -2.07. The maximum absolute atomic E-state index is 13.3. The van der Waals surface area contributed by atoms with E-state index in [9.17, 15) is 9.18 Å². The predicted octanol–water partition coefficient (Wildman–Crippen LogP) is 4.19. The fraction of sp³-hybridized carbons (Fsp3) is 0.188. The number of carbonyl (C=O) groups excluding carboxylic acids is 1. The van der Waals surface area contributed by atoms with Crippen molar-refractivity contribution in [3.8, 4) is 0 Å². The van der Waals surface area contributed by atoms with Crippen molar-refractivity contribution in [1.82, 2.24) is 0 Å². The van der Waals surface area contributed by atoms with Crippen molar-refractivity contribution < 1.29 is 13.9 Å². The summed E-state index contributed by atoms with van der Waals surface area (Å²) in [4.78, 5) is 11.6. The highest BCUT2D eigenvalue weighted by Gasteiger charge is 2.11. The minimum Gasteiger partial charge on any atom is -0.465 e. The standard InChI is InChI=1S/C16H15ClFNO2/c1-10-14(16(20)21-2)4-3-5-15(10)19-9-11-6-12(17)8-13(18)7-11/h3-8,19H,9H2,1-2H3. The number of methoxy groups -OCH3 is 1. The van der Waals surface area contributed by atoms with Crippen molar-refractivity contribution in [2.75, 3.05) is 12.4 Å². The van der Waals surface area contributed by atoms with Gasteiger partial charge in [0.1, 0.15) is 5.82 Å². The Labute approximate surface area is 127 Å². The summed E-state index contributed by atoms with van der Waals surface area (Å²) in [7, 11) is 1.34. The molecule has 0 fully saturated rings. The maximum atomic E-state index is 13.3. The van der Waals surface area contributed by atoms with Crippen LogP contribution in [0.2, 0.25) is 5.02 Å². The van der Waals surface area contributed by atoms with Crippen LogP contribution in [0.25, 0.3) is 0 Å². The first kappa shape index (κ1) is 15.3. The number of benzene rings is 2. The molecular formula is C16H15ClFNO2. The van der Waals surface area contributed by atoms with E-state index in [1.807, 2.05) is 13.0 Å². The van der Waals surface area contributed by atoms with Gasteiger partial charge in [-0.25, -0.2) is 9.18 Å². The Morgan fingerprint density at radius 2 is 2.10 bits per heavy atom. The highest BCUT2D eigenvalue weighted by atomic mass is 35.5. The summed E-state index contributed by atoms with van der Waals surface area (Å²) in [5, 5.41) is 3.52. The third kappa shape index (κ3) is 3.73. The normalized spacial score (nSPS) is 10.3. The van der Waals surface area contributed by atoms with Crippen molar-refractivity contribution in [3.63, 3.8) is 0 Å². The van der Waals surface area contributed by atoms with Gasteiger partial charge in [0, 0.05) is 17.3 Å². The maximum Gasteiger partial charge on any atom is 0.338 e. The molecule has 1 N–H and O–H groups in total. The molecule has 0 saturated carbocycles. The number of anilines is 1. The molecular weight excluding hydrogens is 293 g/mol. The molecule has 0 atom stereocenters. The second-order valence-corrected chi connectivity index (χ2v) is 5.04. The van der Waals surface area contributed by atoms with E-state index < -0.39 is 0 Å². The van der Waals surface area contributed by atoms with E-state index >= 15 is 0 Å². The van der Waals surface area contributed by atoms with Crippen molar-refractivity contribution in [2.24, 2.45) is 0 Å². The van der Waals surface area contributed by atoms with Gasteiger partial charge in [-0.05, 0) is 48.4 Å². The molecule has 5 heteroatoms. The molecule has 0 aromatic heterocycles. The zero-order valence-corrected chi connectivity index (χ0v) is 12.5. The summed E-state index contributed by atoms with van der Waals surface area (Å²) < 4.78 is 18.0. The van der Waals surface area contributed by atoms with E-state index in [1.165, 1.54) is 19.2 Å². The number of hydrogen-bond acceptors (Lipinski definition) is 3. The molecule has 110 valence electrons. The first-order chi connectivity index (χ1) is 10.0. The van der Waals surface area contributed by atoms with Crippen LogP contribution in [-0.2, 0) is 11.3 Å². The molecule has 0 unspecified atom stereocenters. The molecule has 0 aliphatic carbocycles. The lowest BCUT2D eigenvalue weighted by molar-refractivity contribution is 0.0600. The van der Waals surface area contributed by atoms with Gasteiger partial charge in [-0.15, -0.1) is 0 Å². The third-order valence-electron chi connectivity index (χ3n) is 3.14. The lowest BCUT2D eigenvalue weighted by Gasteiger charge is -2.12. The monoisotopic (exact) mass is 307 g/mol. The highest BCUT2D eigenvalue weighted by Crippen LogP contribution is 2.21. The number of hydrogen-bond donors (Lipinski definition) is 1. The van der Waals surface area contributed by atoms with Crippen molar-refractivity contribution >= 4 is 23.3 Å². The van der Waals surface area contributed by atoms with Gasteiger partial charge < -0.3 is 10.1 Å². The van der Waals surface area contributed by atoms with E-state index in [2.05, 4.69) is 5.32 Å². The Morgan fingerprint density at radius 1 is 1.33 bits per heavy atom. The van der Waals surface area contributed by atoms with E-state index in [-0.39, 0.29) is 11.8 Å². The first-order valence-electron chi connectivity index (χ1n) is 6.38. The molecule has 2 aromatic rings. The molecule has 0 bridgehead atoms. The quantitative estimate of drug-likeness (QED) is 0.861. The molecule has 0 saturated heterocycles. The SMILES string of the molecule is COC(=O)c1cccc(NCc2cc(F)cc(Cl)c2)c1C. The number of nitrogens with one attached hydrogen (secondary N) is 1. The van der Waals surface area contributed by atoms with Gasteiger partial charge in [-0.3, -0.25) is 0 Å². The van der Waals surface area contributed by atoms with Crippen molar-refractivity contribution in [3.05, 3.63) is 63.9 Å². The molecule has 21 heavy (non-hydrogen) atoms. The molecule has 0 aliphatic heterocycles. The fourth-order valence-corrected chi connectivity index (χ4v) is 2.31. The van der Waals surface area contributed by atoms with Crippen LogP contribution in [0.3, 0.4) is 0 Å². The van der Waals surface area contributed by atoms with Gasteiger partial charge in [0.05, 0.1) is 12.7 Å². The highest BCUT2D eigenvalue weighted by molar-refractivity contribution is 6.30. The summed E-state index contributed by atoms with van der Waals surface area (Å²) in [6.07, 6.45) is 0. The molecule has 0 heterocycles. The number of halogens is 2. The van der Waals surface area contributed by atoms with Crippen LogP contribution in [-0.4, -0.2) is 13.1 Å². The van der Waals surface area contributed by atoms with Gasteiger partial charge in [0.15, 0.2) is 0 Å². The van der Waals surface area contributed by atoms with Gasteiger partial charge >= 0.3 is 5.97 Å². The van der Waals surface area contributed by atoms with Crippen LogP contribution >= 0.6 is 11.6 Å². The fourth-order valence-electron chi connectivity index (χ4n) is 2.07. The Morgan fingerprint density at radius 3 is 2.76 bits per heavy atom. The smallest absolute Gasteiger partial charge is 0.338 e. The van der Waals surface area contributed by atoms with E-state index in [0.29, 0.717) is 17.1 Å². The van der Waals surface area contributed by atoms with Crippen LogP contribution in [0, 0.1) is 12.7 Å². The van der Waals surface area contributed by atoms with Crippen LogP contribution < -0.4 is 5.32 Å². The topological polar surface area (TPSA) is 38.3 Å². The van der Waals surface area contributed by atoms with Gasteiger partial charge in [-0.1, -0.05) is 17.7 Å². The Balaban J connectivity index is 2.18. The second-order valence-electron chi connectivity index (χ2n) is 4.60. The number of ether oxygens (including phenoxy) is 1. The molecule has 0 amide bonds. The summed E-state index contributed by atoms with van der Waals surface area (Å²) in [6.45, 7) is 2.23. The lowest BCUT2D eigenvalue weighted by Crippen LogP contribution is -2.07.